The van der Waals surface area contributed by atoms with E-state index in [0.29, 0.717) is 23.8 Å². The summed E-state index contributed by atoms with van der Waals surface area (Å²) in [6.45, 7) is 3.56. The molecule has 1 aromatic heterocycles. The lowest BCUT2D eigenvalue weighted by atomic mass is 10.00. The fourth-order valence-corrected chi connectivity index (χ4v) is 3.00. The van der Waals surface area contributed by atoms with E-state index < -0.39 is 0 Å². The molecule has 0 radical (unpaired) electrons. The molecule has 5 nitrogen and oxygen atoms in total. The van der Waals surface area contributed by atoms with E-state index >= 15 is 0 Å². The zero-order valence-corrected chi connectivity index (χ0v) is 12.2. The van der Waals surface area contributed by atoms with Crippen LogP contribution in [0.4, 0.5) is 5.69 Å². The lowest BCUT2D eigenvalue weighted by molar-refractivity contribution is 0.0825. The molecule has 2 atom stereocenters. The molecule has 4 N–H and O–H groups in total. The maximum absolute atomic E-state index is 12.3. The predicted molar refractivity (Wildman–Crippen MR) is 83.2 cm³/mol. The van der Waals surface area contributed by atoms with E-state index in [2.05, 4.69) is 17.2 Å². The van der Waals surface area contributed by atoms with Gasteiger partial charge in [0.2, 0.25) is 0 Å². The number of anilines is 1. The Morgan fingerprint density at radius 1 is 1.52 bits per heavy atom. The van der Waals surface area contributed by atoms with Gasteiger partial charge < -0.3 is 20.8 Å². The standard InChI is InChI=1S/C16H21N3O2/c1-2-14-11(6-7-21-14)9-18-16(20)13-8-10-4-3-5-12(17)15(10)19-13/h3-5,8,11,14,19H,2,6-7,9,17H2,1H3,(H,18,20). The third-order valence-electron chi connectivity index (χ3n) is 4.21. The van der Waals surface area contributed by atoms with E-state index in [9.17, 15) is 4.79 Å². The molecule has 2 heterocycles. The van der Waals surface area contributed by atoms with Gasteiger partial charge in [-0.15, -0.1) is 0 Å². The van der Waals surface area contributed by atoms with Gasteiger partial charge in [-0.25, -0.2) is 0 Å². The molecule has 1 amide bonds. The van der Waals surface area contributed by atoms with Gasteiger partial charge in [-0.05, 0) is 25.0 Å². The number of ether oxygens (including phenoxy) is 1. The van der Waals surface area contributed by atoms with Crippen molar-refractivity contribution in [3.63, 3.8) is 0 Å². The molecule has 5 heteroatoms. The molecular weight excluding hydrogens is 266 g/mol. The lowest BCUT2D eigenvalue weighted by Crippen LogP contribution is -2.32. The van der Waals surface area contributed by atoms with Crippen LogP contribution in [0.5, 0.6) is 0 Å². The average Bonchev–Trinajstić information content (AvgIpc) is 3.11. The Hall–Kier alpha value is -2.01. The number of nitrogen functional groups attached to an aromatic ring is 1. The maximum atomic E-state index is 12.3. The van der Waals surface area contributed by atoms with Crippen molar-refractivity contribution in [2.75, 3.05) is 18.9 Å². The van der Waals surface area contributed by atoms with Crippen LogP contribution in [0.2, 0.25) is 0 Å². The van der Waals surface area contributed by atoms with Gasteiger partial charge in [0, 0.05) is 24.5 Å². The summed E-state index contributed by atoms with van der Waals surface area (Å²) in [6, 6.07) is 7.48. The molecule has 2 aromatic rings. The Kier molecular flexibility index (Phi) is 3.84. The number of carbonyl (C=O) groups excluding carboxylic acids is 1. The van der Waals surface area contributed by atoms with Gasteiger partial charge in [0.15, 0.2) is 0 Å². The minimum atomic E-state index is -0.0904. The zero-order chi connectivity index (χ0) is 14.8. The summed E-state index contributed by atoms with van der Waals surface area (Å²) in [5.41, 5.74) is 7.92. The smallest absolute Gasteiger partial charge is 0.267 e. The van der Waals surface area contributed by atoms with Crippen LogP contribution in [0, 0.1) is 5.92 Å². The number of hydrogen-bond donors (Lipinski definition) is 3. The molecule has 0 saturated carbocycles. The number of H-pyrrole nitrogens is 1. The van der Waals surface area contributed by atoms with Crippen molar-refractivity contribution < 1.29 is 9.53 Å². The lowest BCUT2D eigenvalue weighted by Gasteiger charge is -2.16. The Morgan fingerprint density at radius 3 is 3.14 bits per heavy atom. The summed E-state index contributed by atoms with van der Waals surface area (Å²) in [4.78, 5) is 15.3. The Bertz CT molecular complexity index is 650. The fraction of sp³-hybridized carbons (Fsp3) is 0.438. The quantitative estimate of drug-likeness (QED) is 0.755. The van der Waals surface area contributed by atoms with Crippen molar-refractivity contribution in [2.24, 2.45) is 5.92 Å². The second kappa shape index (κ2) is 5.77. The van der Waals surface area contributed by atoms with Crippen molar-refractivity contribution >= 4 is 22.5 Å². The molecule has 3 rings (SSSR count). The third kappa shape index (κ3) is 2.74. The minimum absolute atomic E-state index is 0.0904. The molecule has 2 unspecified atom stereocenters. The Balaban J connectivity index is 1.68. The number of para-hydroxylation sites is 1. The number of fused-ring (bicyclic) bond motifs is 1. The van der Waals surface area contributed by atoms with Crippen LogP contribution in [0.25, 0.3) is 10.9 Å². The summed E-state index contributed by atoms with van der Waals surface area (Å²) >= 11 is 0. The Morgan fingerprint density at radius 2 is 2.38 bits per heavy atom. The number of nitrogens with one attached hydrogen (secondary N) is 2. The first-order valence-electron chi connectivity index (χ1n) is 7.46. The number of aromatic nitrogens is 1. The van der Waals surface area contributed by atoms with Crippen LogP contribution in [0.1, 0.15) is 30.3 Å². The molecular formula is C16H21N3O2. The highest BCUT2D eigenvalue weighted by molar-refractivity contribution is 6.00. The number of amides is 1. The first-order chi connectivity index (χ1) is 10.2. The number of benzene rings is 1. The second-order valence-corrected chi connectivity index (χ2v) is 5.57. The van der Waals surface area contributed by atoms with Crippen LogP contribution in [0.15, 0.2) is 24.3 Å². The van der Waals surface area contributed by atoms with Gasteiger partial charge in [0.05, 0.1) is 17.3 Å². The number of rotatable bonds is 4. The van der Waals surface area contributed by atoms with Crippen LogP contribution in [-0.4, -0.2) is 30.1 Å². The SMILES string of the molecule is CCC1OCCC1CNC(=O)c1cc2cccc(N)c2[nH]1. The average molecular weight is 287 g/mol. The molecule has 112 valence electrons. The van der Waals surface area contributed by atoms with Gasteiger partial charge in [-0.1, -0.05) is 19.1 Å². The highest BCUT2D eigenvalue weighted by Crippen LogP contribution is 2.23. The van der Waals surface area contributed by atoms with Crippen LogP contribution >= 0.6 is 0 Å². The number of hydrogen-bond acceptors (Lipinski definition) is 3. The van der Waals surface area contributed by atoms with E-state index in [1.165, 1.54) is 0 Å². The van der Waals surface area contributed by atoms with Crippen molar-refractivity contribution in [3.05, 3.63) is 30.0 Å². The number of carbonyl (C=O) groups is 1. The van der Waals surface area contributed by atoms with Crippen LogP contribution < -0.4 is 11.1 Å². The zero-order valence-electron chi connectivity index (χ0n) is 12.2. The van der Waals surface area contributed by atoms with E-state index in [-0.39, 0.29) is 12.0 Å². The molecule has 1 aliphatic rings. The highest BCUT2D eigenvalue weighted by Gasteiger charge is 2.27. The first kappa shape index (κ1) is 13.9. The molecule has 0 spiro atoms. The third-order valence-corrected chi connectivity index (χ3v) is 4.21. The van der Waals surface area contributed by atoms with Gasteiger partial charge in [0.1, 0.15) is 5.69 Å². The van der Waals surface area contributed by atoms with Crippen molar-refractivity contribution in [1.29, 1.82) is 0 Å². The van der Waals surface area contributed by atoms with Crippen molar-refractivity contribution in [3.8, 4) is 0 Å². The van der Waals surface area contributed by atoms with Gasteiger partial charge >= 0.3 is 0 Å². The molecule has 0 bridgehead atoms. The summed E-state index contributed by atoms with van der Waals surface area (Å²) in [5.74, 6) is 0.320. The van der Waals surface area contributed by atoms with Crippen LogP contribution in [0.3, 0.4) is 0 Å². The number of nitrogens with two attached hydrogens (primary N) is 1. The monoisotopic (exact) mass is 287 g/mol. The second-order valence-electron chi connectivity index (χ2n) is 5.57. The molecule has 1 saturated heterocycles. The highest BCUT2D eigenvalue weighted by atomic mass is 16.5. The molecule has 21 heavy (non-hydrogen) atoms. The molecule has 1 fully saturated rings. The Labute approximate surface area is 123 Å². The summed E-state index contributed by atoms with van der Waals surface area (Å²) < 4.78 is 5.64. The summed E-state index contributed by atoms with van der Waals surface area (Å²) in [7, 11) is 0. The number of aromatic amines is 1. The van der Waals surface area contributed by atoms with Gasteiger partial charge in [-0.2, -0.15) is 0 Å². The fourth-order valence-electron chi connectivity index (χ4n) is 3.00. The minimum Gasteiger partial charge on any atom is -0.397 e. The van der Waals surface area contributed by atoms with Gasteiger partial charge in [0.25, 0.3) is 5.91 Å². The summed E-state index contributed by atoms with van der Waals surface area (Å²) in [5, 5.41) is 3.95. The molecule has 0 aliphatic carbocycles. The summed E-state index contributed by atoms with van der Waals surface area (Å²) in [6.07, 6.45) is 2.27. The first-order valence-corrected chi connectivity index (χ1v) is 7.46. The van der Waals surface area contributed by atoms with Crippen molar-refractivity contribution in [2.45, 2.75) is 25.9 Å². The van der Waals surface area contributed by atoms with E-state index in [4.69, 9.17) is 10.5 Å². The van der Waals surface area contributed by atoms with Crippen LogP contribution in [-0.2, 0) is 4.74 Å². The van der Waals surface area contributed by atoms with E-state index in [0.717, 1.165) is 30.4 Å². The molecule has 1 aromatic carbocycles. The van der Waals surface area contributed by atoms with Crippen molar-refractivity contribution in [1.82, 2.24) is 10.3 Å². The topological polar surface area (TPSA) is 80.1 Å². The largest absolute Gasteiger partial charge is 0.397 e. The van der Waals surface area contributed by atoms with Gasteiger partial charge in [-0.3, -0.25) is 4.79 Å². The molecule has 1 aliphatic heterocycles. The normalized spacial score (nSPS) is 21.8. The van der Waals surface area contributed by atoms with E-state index in [1.54, 1.807) is 0 Å². The van der Waals surface area contributed by atoms with E-state index in [1.807, 2.05) is 24.3 Å². The maximum Gasteiger partial charge on any atom is 0.267 e. The predicted octanol–water partition coefficient (Wildman–Crippen LogP) is 2.29.